The molecule has 1 atom stereocenters. The van der Waals surface area contributed by atoms with Gasteiger partial charge in [-0.1, -0.05) is 33.6 Å². The smallest absolute Gasteiger partial charge is 0.316 e. The van der Waals surface area contributed by atoms with Crippen molar-refractivity contribution in [1.82, 2.24) is 0 Å². The Labute approximate surface area is 104 Å². The van der Waals surface area contributed by atoms with E-state index in [0.717, 1.165) is 0 Å². The van der Waals surface area contributed by atoms with Gasteiger partial charge in [0.25, 0.3) is 0 Å². The molecule has 0 amide bonds. The summed E-state index contributed by atoms with van der Waals surface area (Å²) < 4.78 is 37.0. The zero-order valence-electron chi connectivity index (χ0n) is 7.18. The van der Waals surface area contributed by atoms with Crippen LogP contribution < -0.4 is 5.73 Å². The van der Waals surface area contributed by atoms with Gasteiger partial charge in [-0.25, -0.2) is 0 Å². The van der Waals surface area contributed by atoms with Crippen LogP contribution >= 0.6 is 39.9 Å². The molecule has 1 aromatic rings. The van der Waals surface area contributed by atoms with Gasteiger partial charge in [0.2, 0.25) is 0 Å². The third-order valence-electron chi connectivity index (χ3n) is 1.65. The van der Waals surface area contributed by atoms with Gasteiger partial charge in [0.15, 0.2) is 0 Å². The average molecular weight is 325 g/mol. The van der Waals surface area contributed by atoms with E-state index >= 15 is 0 Å². The van der Waals surface area contributed by atoms with Crippen LogP contribution in [-0.2, 0) is 0 Å². The third kappa shape index (κ3) is 3.83. The van der Waals surface area contributed by atoms with Crippen molar-refractivity contribution in [2.24, 2.45) is 5.73 Å². The minimum atomic E-state index is -4.45. The standard InChI is InChI=1S/C8H6BrClF3N.ClH/c9-6-3-4(10)1-2-5(6)7(14)8(11,12)13;/h1-3,7H,14H2;1H/t7-;/m0./s1. The van der Waals surface area contributed by atoms with Crippen molar-refractivity contribution in [1.29, 1.82) is 0 Å². The average Bonchev–Trinajstić information content (AvgIpc) is 2.01. The molecule has 0 fully saturated rings. The molecule has 0 bridgehead atoms. The third-order valence-corrected chi connectivity index (χ3v) is 2.57. The molecular formula is C8H7BrCl2F3N. The fourth-order valence-corrected chi connectivity index (χ4v) is 1.86. The SMILES string of the molecule is Cl.N[C@@H](c1ccc(Cl)cc1Br)C(F)(F)F. The molecule has 0 aliphatic rings. The fraction of sp³-hybridized carbons (Fsp3) is 0.250. The molecule has 0 heterocycles. The minimum Gasteiger partial charge on any atom is -0.316 e. The van der Waals surface area contributed by atoms with Gasteiger partial charge in [-0.15, -0.1) is 12.4 Å². The minimum absolute atomic E-state index is 0. The van der Waals surface area contributed by atoms with Crippen LogP contribution in [0.3, 0.4) is 0 Å². The highest BCUT2D eigenvalue weighted by Gasteiger charge is 2.38. The van der Waals surface area contributed by atoms with Gasteiger partial charge in [0, 0.05) is 9.50 Å². The van der Waals surface area contributed by atoms with E-state index in [1.54, 1.807) is 0 Å². The molecule has 0 aliphatic heterocycles. The first-order valence-corrected chi connectivity index (χ1v) is 4.76. The van der Waals surface area contributed by atoms with E-state index in [9.17, 15) is 13.2 Å². The van der Waals surface area contributed by atoms with E-state index < -0.39 is 12.2 Å². The fourth-order valence-electron chi connectivity index (χ4n) is 0.930. The van der Waals surface area contributed by atoms with Crippen LogP contribution in [0, 0.1) is 0 Å². The molecule has 0 radical (unpaired) electrons. The predicted molar refractivity (Wildman–Crippen MR) is 59.4 cm³/mol. The first-order chi connectivity index (χ1) is 6.32. The van der Waals surface area contributed by atoms with Crippen molar-refractivity contribution in [3.63, 3.8) is 0 Å². The van der Waals surface area contributed by atoms with Gasteiger partial charge in [0.1, 0.15) is 6.04 Å². The number of rotatable bonds is 1. The topological polar surface area (TPSA) is 26.0 Å². The van der Waals surface area contributed by atoms with Crippen LogP contribution in [0.15, 0.2) is 22.7 Å². The number of hydrogen-bond acceptors (Lipinski definition) is 1. The Morgan fingerprint density at radius 2 is 1.87 bits per heavy atom. The summed E-state index contributed by atoms with van der Waals surface area (Å²) in [6.07, 6.45) is -4.45. The highest BCUT2D eigenvalue weighted by Crippen LogP contribution is 2.35. The molecule has 1 aromatic carbocycles. The number of alkyl halides is 3. The van der Waals surface area contributed by atoms with E-state index in [2.05, 4.69) is 15.9 Å². The molecule has 7 heteroatoms. The lowest BCUT2D eigenvalue weighted by molar-refractivity contribution is -0.149. The molecule has 1 nitrogen and oxygen atoms in total. The Bertz CT molecular complexity index is 343. The second kappa shape index (κ2) is 5.39. The van der Waals surface area contributed by atoms with Gasteiger partial charge >= 0.3 is 6.18 Å². The van der Waals surface area contributed by atoms with E-state index in [0.29, 0.717) is 5.02 Å². The highest BCUT2D eigenvalue weighted by molar-refractivity contribution is 9.10. The quantitative estimate of drug-likeness (QED) is 0.827. The Morgan fingerprint density at radius 1 is 1.33 bits per heavy atom. The maximum atomic E-state index is 12.2. The Morgan fingerprint density at radius 3 is 2.27 bits per heavy atom. The Balaban J connectivity index is 0.00000196. The summed E-state index contributed by atoms with van der Waals surface area (Å²) in [4.78, 5) is 0. The van der Waals surface area contributed by atoms with Gasteiger partial charge in [-0.3, -0.25) is 0 Å². The van der Waals surface area contributed by atoms with Crippen LogP contribution in [-0.4, -0.2) is 6.18 Å². The van der Waals surface area contributed by atoms with Gasteiger partial charge in [0.05, 0.1) is 0 Å². The number of benzene rings is 1. The van der Waals surface area contributed by atoms with E-state index in [1.165, 1.54) is 18.2 Å². The molecule has 2 N–H and O–H groups in total. The lowest BCUT2D eigenvalue weighted by atomic mass is 10.1. The first kappa shape index (κ1) is 15.0. The van der Waals surface area contributed by atoms with Crippen molar-refractivity contribution in [2.75, 3.05) is 0 Å². The van der Waals surface area contributed by atoms with Gasteiger partial charge in [-0.05, 0) is 17.7 Å². The van der Waals surface area contributed by atoms with Gasteiger partial charge in [-0.2, -0.15) is 13.2 Å². The summed E-state index contributed by atoms with van der Waals surface area (Å²) in [5, 5.41) is 0.356. The second-order valence-electron chi connectivity index (χ2n) is 2.69. The van der Waals surface area contributed by atoms with Crippen molar-refractivity contribution < 1.29 is 13.2 Å². The van der Waals surface area contributed by atoms with Crippen LogP contribution in [0.25, 0.3) is 0 Å². The summed E-state index contributed by atoms with van der Waals surface area (Å²) in [7, 11) is 0. The maximum Gasteiger partial charge on any atom is 0.407 e. The van der Waals surface area contributed by atoms with Crippen molar-refractivity contribution in [3.8, 4) is 0 Å². The molecule has 0 aliphatic carbocycles. The maximum absolute atomic E-state index is 12.2. The summed E-state index contributed by atoms with van der Waals surface area (Å²) in [6.45, 7) is 0. The van der Waals surface area contributed by atoms with E-state index in [-0.39, 0.29) is 22.4 Å². The van der Waals surface area contributed by atoms with Gasteiger partial charge < -0.3 is 5.73 Å². The monoisotopic (exact) mass is 323 g/mol. The largest absolute Gasteiger partial charge is 0.407 e. The zero-order valence-corrected chi connectivity index (χ0v) is 10.3. The van der Waals surface area contributed by atoms with E-state index in [4.69, 9.17) is 17.3 Å². The lowest BCUT2D eigenvalue weighted by Gasteiger charge is -2.17. The summed E-state index contributed by atoms with van der Waals surface area (Å²) in [5.41, 5.74) is 5.00. The second-order valence-corrected chi connectivity index (χ2v) is 3.98. The molecular weight excluding hydrogens is 318 g/mol. The van der Waals surface area contributed by atoms with Crippen molar-refractivity contribution in [3.05, 3.63) is 33.3 Å². The molecule has 0 unspecified atom stereocenters. The number of nitrogens with two attached hydrogens (primary N) is 1. The van der Waals surface area contributed by atoms with Crippen molar-refractivity contribution >= 4 is 39.9 Å². The molecule has 0 saturated carbocycles. The Hall–Kier alpha value is 0.0300. The van der Waals surface area contributed by atoms with Crippen molar-refractivity contribution in [2.45, 2.75) is 12.2 Å². The van der Waals surface area contributed by atoms with Crippen LogP contribution in [0.1, 0.15) is 11.6 Å². The molecule has 0 spiro atoms. The molecule has 0 saturated heterocycles. The van der Waals surface area contributed by atoms with Crippen LogP contribution in [0.2, 0.25) is 5.02 Å². The predicted octanol–water partition coefficient (Wildman–Crippen LogP) is 4.09. The lowest BCUT2D eigenvalue weighted by Crippen LogP contribution is -2.28. The van der Waals surface area contributed by atoms with Crippen LogP contribution in [0.5, 0.6) is 0 Å². The first-order valence-electron chi connectivity index (χ1n) is 3.59. The highest BCUT2D eigenvalue weighted by atomic mass is 79.9. The molecule has 1 rings (SSSR count). The summed E-state index contributed by atoms with van der Waals surface area (Å²) >= 11 is 8.56. The number of hydrogen-bond donors (Lipinski definition) is 1. The summed E-state index contributed by atoms with van der Waals surface area (Å²) in [5.74, 6) is 0. The molecule has 86 valence electrons. The Kier molecular flexibility index (Phi) is 5.40. The molecule has 0 aromatic heterocycles. The normalized spacial score (nSPS) is 13.2. The van der Waals surface area contributed by atoms with E-state index in [1.807, 2.05) is 0 Å². The number of halogens is 6. The zero-order chi connectivity index (χ0) is 10.9. The summed E-state index contributed by atoms with van der Waals surface area (Å²) in [6, 6.07) is 2.01. The van der Waals surface area contributed by atoms with Crippen LogP contribution in [0.4, 0.5) is 13.2 Å². The molecule has 15 heavy (non-hydrogen) atoms.